The summed E-state index contributed by atoms with van der Waals surface area (Å²) in [5.41, 5.74) is 0.286. The van der Waals surface area contributed by atoms with E-state index in [-0.39, 0.29) is 5.60 Å². The normalized spacial score (nSPS) is 52.4. The molecule has 86 valence electrons. The van der Waals surface area contributed by atoms with Crippen LogP contribution in [0, 0.1) is 23.7 Å². The van der Waals surface area contributed by atoms with Crippen molar-refractivity contribution in [3.8, 4) is 0 Å². The quantitative estimate of drug-likeness (QED) is 0.564. The van der Waals surface area contributed by atoms with Crippen LogP contribution < -0.4 is 0 Å². The van der Waals surface area contributed by atoms with E-state index < -0.39 is 0 Å². The van der Waals surface area contributed by atoms with Crippen molar-refractivity contribution in [1.82, 2.24) is 0 Å². The SMILES string of the molecule is CCC1(OCI)C2CC3CC(C2)CC1C3. The highest BCUT2D eigenvalue weighted by Gasteiger charge is 2.56. The fourth-order valence-corrected chi connectivity index (χ4v) is 5.58. The summed E-state index contributed by atoms with van der Waals surface area (Å²) in [4.78, 5) is 0. The molecule has 0 radical (unpaired) electrons. The van der Waals surface area contributed by atoms with Gasteiger partial charge >= 0.3 is 0 Å². The second-order valence-corrected chi connectivity index (χ2v) is 6.49. The molecule has 1 nitrogen and oxygen atoms in total. The van der Waals surface area contributed by atoms with Crippen molar-refractivity contribution in [2.45, 2.75) is 51.0 Å². The maximum absolute atomic E-state index is 6.24. The maximum atomic E-state index is 6.24. The van der Waals surface area contributed by atoms with Crippen molar-refractivity contribution >= 4 is 22.6 Å². The Balaban J connectivity index is 1.89. The first kappa shape index (κ1) is 10.8. The average Bonchev–Trinajstić information content (AvgIpc) is 2.23. The van der Waals surface area contributed by atoms with Crippen LogP contribution in [0.3, 0.4) is 0 Å². The molecule has 4 aliphatic rings. The minimum Gasteiger partial charge on any atom is -0.364 e. The molecule has 0 aromatic rings. The van der Waals surface area contributed by atoms with Crippen LogP contribution >= 0.6 is 22.6 Å². The zero-order chi connectivity index (χ0) is 10.5. The van der Waals surface area contributed by atoms with Gasteiger partial charge in [0.1, 0.15) is 0 Å². The topological polar surface area (TPSA) is 9.23 Å². The summed E-state index contributed by atoms with van der Waals surface area (Å²) in [5, 5.41) is 0. The van der Waals surface area contributed by atoms with Crippen molar-refractivity contribution in [3.05, 3.63) is 0 Å². The zero-order valence-corrected chi connectivity index (χ0v) is 11.7. The van der Waals surface area contributed by atoms with E-state index in [1.165, 1.54) is 38.5 Å². The van der Waals surface area contributed by atoms with Gasteiger partial charge < -0.3 is 4.74 Å². The molecule has 0 aromatic heterocycles. The average molecular weight is 320 g/mol. The van der Waals surface area contributed by atoms with E-state index in [0.29, 0.717) is 0 Å². The summed E-state index contributed by atoms with van der Waals surface area (Å²) in [6, 6.07) is 0. The summed E-state index contributed by atoms with van der Waals surface area (Å²) in [5.74, 6) is 3.91. The molecular weight excluding hydrogens is 299 g/mol. The minimum absolute atomic E-state index is 0.286. The third-order valence-corrected chi connectivity index (χ3v) is 5.71. The second-order valence-electron chi connectivity index (χ2n) is 5.87. The zero-order valence-electron chi connectivity index (χ0n) is 9.55. The fourth-order valence-electron chi connectivity index (χ4n) is 5.00. The Kier molecular flexibility index (Phi) is 2.79. The van der Waals surface area contributed by atoms with Gasteiger partial charge in [0.15, 0.2) is 0 Å². The molecule has 4 bridgehead atoms. The Bertz CT molecular complexity index is 223. The summed E-state index contributed by atoms with van der Waals surface area (Å²) < 4.78 is 7.13. The lowest BCUT2D eigenvalue weighted by Crippen LogP contribution is -2.58. The summed E-state index contributed by atoms with van der Waals surface area (Å²) >= 11 is 2.38. The molecule has 4 fully saturated rings. The molecule has 0 saturated heterocycles. The molecule has 2 heteroatoms. The van der Waals surface area contributed by atoms with Gasteiger partial charge in [-0.3, -0.25) is 0 Å². The minimum atomic E-state index is 0.286. The molecule has 0 atom stereocenters. The van der Waals surface area contributed by atoms with E-state index in [2.05, 4.69) is 29.5 Å². The van der Waals surface area contributed by atoms with Gasteiger partial charge in [0.05, 0.1) is 10.2 Å². The molecule has 4 saturated carbocycles. The van der Waals surface area contributed by atoms with Crippen molar-refractivity contribution in [2.24, 2.45) is 23.7 Å². The molecule has 4 aliphatic carbocycles. The highest BCUT2D eigenvalue weighted by molar-refractivity contribution is 14.1. The smallest absolute Gasteiger partial charge is 0.0987 e. The molecule has 0 spiro atoms. The van der Waals surface area contributed by atoms with E-state index >= 15 is 0 Å². The van der Waals surface area contributed by atoms with Crippen LogP contribution in [0.15, 0.2) is 0 Å². The Morgan fingerprint density at radius 3 is 2.00 bits per heavy atom. The Morgan fingerprint density at radius 2 is 1.60 bits per heavy atom. The number of halogens is 1. The number of hydrogen-bond acceptors (Lipinski definition) is 1. The number of hydrogen-bond donors (Lipinski definition) is 0. The lowest BCUT2D eigenvalue weighted by Gasteiger charge is -2.60. The molecule has 0 heterocycles. The van der Waals surface area contributed by atoms with Crippen molar-refractivity contribution in [3.63, 3.8) is 0 Å². The van der Waals surface area contributed by atoms with Crippen LogP contribution in [0.25, 0.3) is 0 Å². The third kappa shape index (κ3) is 1.50. The van der Waals surface area contributed by atoms with Gasteiger partial charge in [0.2, 0.25) is 0 Å². The van der Waals surface area contributed by atoms with Gasteiger partial charge in [-0.05, 0) is 62.2 Å². The van der Waals surface area contributed by atoms with E-state index in [9.17, 15) is 0 Å². The summed E-state index contributed by atoms with van der Waals surface area (Å²) in [6.07, 6.45) is 8.66. The highest BCUT2D eigenvalue weighted by Crippen LogP contribution is 2.60. The number of alkyl halides is 1. The molecule has 4 rings (SSSR count). The Hall–Kier alpha value is 0.690. The molecule has 0 aliphatic heterocycles. The molecule has 0 unspecified atom stereocenters. The van der Waals surface area contributed by atoms with Gasteiger partial charge in [0, 0.05) is 0 Å². The molecule has 0 N–H and O–H groups in total. The van der Waals surface area contributed by atoms with Gasteiger partial charge in [-0.25, -0.2) is 0 Å². The molecule has 0 amide bonds. The fraction of sp³-hybridized carbons (Fsp3) is 1.00. The lowest BCUT2D eigenvalue weighted by molar-refractivity contribution is -0.193. The van der Waals surface area contributed by atoms with Crippen molar-refractivity contribution in [2.75, 3.05) is 4.61 Å². The summed E-state index contributed by atoms with van der Waals surface area (Å²) in [7, 11) is 0. The summed E-state index contributed by atoms with van der Waals surface area (Å²) in [6.45, 7) is 2.34. The molecule has 15 heavy (non-hydrogen) atoms. The first-order valence-corrected chi connectivity index (χ1v) is 8.01. The highest BCUT2D eigenvalue weighted by atomic mass is 127. The van der Waals surface area contributed by atoms with Gasteiger partial charge in [-0.2, -0.15) is 0 Å². The number of rotatable bonds is 3. The Labute approximate surface area is 106 Å². The second kappa shape index (κ2) is 3.86. The van der Waals surface area contributed by atoms with Crippen molar-refractivity contribution in [1.29, 1.82) is 0 Å². The third-order valence-electron chi connectivity index (χ3n) is 5.40. The monoisotopic (exact) mass is 320 g/mol. The number of ether oxygens (including phenoxy) is 1. The van der Waals surface area contributed by atoms with Crippen LogP contribution in [0.1, 0.15) is 45.4 Å². The van der Waals surface area contributed by atoms with Gasteiger partial charge in [-0.1, -0.05) is 29.5 Å². The van der Waals surface area contributed by atoms with Crippen LogP contribution in [0.2, 0.25) is 0 Å². The Morgan fingerprint density at radius 1 is 1.07 bits per heavy atom. The molecular formula is C13H21IO. The van der Waals surface area contributed by atoms with E-state index in [0.717, 1.165) is 28.3 Å². The van der Waals surface area contributed by atoms with E-state index in [1.54, 1.807) is 0 Å². The van der Waals surface area contributed by atoms with Gasteiger partial charge in [0.25, 0.3) is 0 Å². The maximum Gasteiger partial charge on any atom is 0.0987 e. The van der Waals surface area contributed by atoms with E-state index in [4.69, 9.17) is 4.74 Å². The first-order valence-electron chi connectivity index (χ1n) is 6.48. The van der Waals surface area contributed by atoms with Crippen LogP contribution in [-0.4, -0.2) is 10.2 Å². The van der Waals surface area contributed by atoms with Crippen LogP contribution in [0.4, 0.5) is 0 Å². The molecule has 0 aromatic carbocycles. The van der Waals surface area contributed by atoms with Crippen molar-refractivity contribution < 1.29 is 4.74 Å². The standard InChI is InChI=1S/C13H21IO/c1-2-13(15-8-14)11-4-9-3-10(6-11)7-12(13)5-9/h9-12H,2-8H2,1H3. The van der Waals surface area contributed by atoms with Crippen LogP contribution in [-0.2, 0) is 4.74 Å². The van der Waals surface area contributed by atoms with Crippen LogP contribution in [0.5, 0.6) is 0 Å². The predicted molar refractivity (Wildman–Crippen MR) is 70.0 cm³/mol. The first-order chi connectivity index (χ1) is 7.28. The predicted octanol–water partition coefficient (Wildman–Crippen LogP) is 4.00. The largest absolute Gasteiger partial charge is 0.364 e. The van der Waals surface area contributed by atoms with E-state index in [1.807, 2.05) is 0 Å². The lowest BCUT2D eigenvalue weighted by atomic mass is 9.49. The van der Waals surface area contributed by atoms with Gasteiger partial charge in [-0.15, -0.1) is 0 Å².